The fourth-order valence-corrected chi connectivity index (χ4v) is 2.64. The van der Waals surface area contributed by atoms with E-state index in [0.29, 0.717) is 13.0 Å². The maximum absolute atomic E-state index is 12.0. The number of amides is 1. The monoisotopic (exact) mass is 290 g/mol. The van der Waals surface area contributed by atoms with Crippen LogP contribution in [0.4, 0.5) is 11.4 Å². The number of benzene rings is 1. The zero-order chi connectivity index (χ0) is 15.4. The summed E-state index contributed by atoms with van der Waals surface area (Å²) >= 11 is 0. The molecule has 0 spiro atoms. The van der Waals surface area contributed by atoms with Crippen LogP contribution in [0.15, 0.2) is 18.2 Å². The lowest BCUT2D eigenvalue weighted by Crippen LogP contribution is -2.26. The summed E-state index contributed by atoms with van der Waals surface area (Å²) < 4.78 is 0. The molecule has 114 valence electrons. The van der Waals surface area contributed by atoms with Gasteiger partial charge in [-0.25, -0.2) is 4.79 Å². The summed E-state index contributed by atoms with van der Waals surface area (Å²) in [7, 11) is 0. The van der Waals surface area contributed by atoms with Gasteiger partial charge < -0.3 is 15.3 Å². The van der Waals surface area contributed by atoms with Gasteiger partial charge in [-0.15, -0.1) is 0 Å². The third kappa shape index (κ3) is 3.35. The molecular formula is C16H22N2O3. The van der Waals surface area contributed by atoms with Gasteiger partial charge in [0.25, 0.3) is 0 Å². The molecule has 5 heteroatoms. The zero-order valence-corrected chi connectivity index (χ0v) is 12.6. The minimum absolute atomic E-state index is 0.102. The Morgan fingerprint density at radius 1 is 1.38 bits per heavy atom. The molecule has 1 amide bonds. The number of aromatic carboxylic acids is 1. The van der Waals surface area contributed by atoms with Crippen LogP contribution >= 0.6 is 0 Å². The summed E-state index contributed by atoms with van der Waals surface area (Å²) in [6, 6.07) is 5.19. The Bertz CT molecular complexity index is 538. The van der Waals surface area contributed by atoms with Crippen LogP contribution in [0.25, 0.3) is 0 Å². The first-order valence-electron chi connectivity index (χ1n) is 7.51. The molecule has 0 atom stereocenters. The van der Waals surface area contributed by atoms with Gasteiger partial charge in [-0.2, -0.15) is 0 Å². The molecule has 1 fully saturated rings. The van der Waals surface area contributed by atoms with E-state index in [1.807, 2.05) is 0 Å². The van der Waals surface area contributed by atoms with E-state index in [2.05, 4.69) is 19.2 Å². The van der Waals surface area contributed by atoms with E-state index in [1.54, 1.807) is 23.1 Å². The van der Waals surface area contributed by atoms with Crippen molar-refractivity contribution in [1.29, 1.82) is 0 Å². The van der Waals surface area contributed by atoms with Gasteiger partial charge in [0.1, 0.15) is 0 Å². The minimum Gasteiger partial charge on any atom is -0.478 e. The molecule has 0 saturated carbocycles. The standard InChI is InChI=1S/C16H22N2O3/c1-3-12(4-2)17-13-10-11(16(20)21)7-8-14(13)18-9-5-6-15(18)19/h7-8,10,12,17H,3-6,9H2,1-2H3,(H,20,21). The van der Waals surface area contributed by atoms with Crippen molar-refractivity contribution in [2.24, 2.45) is 0 Å². The molecule has 1 saturated heterocycles. The molecule has 0 radical (unpaired) electrons. The SMILES string of the molecule is CCC(CC)Nc1cc(C(=O)O)ccc1N1CCCC1=O. The molecule has 2 rings (SSSR count). The summed E-state index contributed by atoms with van der Waals surface area (Å²) in [5.74, 6) is -0.854. The molecule has 0 aromatic heterocycles. The average molecular weight is 290 g/mol. The normalized spacial score (nSPS) is 14.8. The number of carboxylic acids is 1. The van der Waals surface area contributed by atoms with E-state index in [4.69, 9.17) is 5.11 Å². The first kappa shape index (κ1) is 15.4. The van der Waals surface area contributed by atoms with Crippen molar-refractivity contribution >= 4 is 23.3 Å². The third-order valence-corrected chi connectivity index (χ3v) is 3.95. The number of carbonyl (C=O) groups excluding carboxylic acids is 1. The fraction of sp³-hybridized carbons (Fsp3) is 0.500. The summed E-state index contributed by atoms with van der Waals surface area (Å²) in [5.41, 5.74) is 1.76. The number of nitrogens with one attached hydrogen (secondary N) is 1. The first-order valence-corrected chi connectivity index (χ1v) is 7.51. The quantitative estimate of drug-likeness (QED) is 0.844. The summed E-state index contributed by atoms with van der Waals surface area (Å²) in [6.07, 6.45) is 3.30. The fourth-order valence-electron chi connectivity index (χ4n) is 2.64. The Morgan fingerprint density at radius 2 is 2.10 bits per heavy atom. The lowest BCUT2D eigenvalue weighted by molar-refractivity contribution is -0.117. The molecule has 0 bridgehead atoms. The second-order valence-corrected chi connectivity index (χ2v) is 5.34. The molecule has 1 aliphatic heterocycles. The average Bonchev–Trinajstić information content (AvgIpc) is 2.90. The molecule has 0 aliphatic carbocycles. The number of rotatable bonds is 6. The van der Waals surface area contributed by atoms with Crippen LogP contribution in [0.3, 0.4) is 0 Å². The molecule has 5 nitrogen and oxygen atoms in total. The largest absolute Gasteiger partial charge is 0.478 e. The smallest absolute Gasteiger partial charge is 0.335 e. The second kappa shape index (κ2) is 6.61. The van der Waals surface area contributed by atoms with E-state index >= 15 is 0 Å². The Morgan fingerprint density at radius 3 is 2.62 bits per heavy atom. The zero-order valence-electron chi connectivity index (χ0n) is 12.6. The van der Waals surface area contributed by atoms with Gasteiger partial charge in [0.15, 0.2) is 0 Å². The maximum Gasteiger partial charge on any atom is 0.335 e. The van der Waals surface area contributed by atoms with Crippen molar-refractivity contribution in [2.75, 3.05) is 16.8 Å². The predicted molar refractivity (Wildman–Crippen MR) is 83.0 cm³/mol. The molecule has 2 N–H and O–H groups in total. The van der Waals surface area contributed by atoms with Gasteiger partial charge in [0.05, 0.1) is 16.9 Å². The number of carbonyl (C=O) groups is 2. The van der Waals surface area contributed by atoms with Crippen molar-refractivity contribution in [3.05, 3.63) is 23.8 Å². The van der Waals surface area contributed by atoms with Gasteiger partial charge in [0, 0.05) is 19.0 Å². The number of carboxylic acid groups (broad SMARTS) is 1. The summed E-state index contributed by atoms with van der Waals surface area (Å²) in [6.45, 7) is 4.87. The Balaban J connectivity index is 2.38. The minimum atomic E-state index is -0.957. The molecule has 21 heavy (non-hydrogen) atoms. The van der Waals surface area contributed by atoms with Crippen LogP contribution in [-0.4, -0.2) is 29.6 Å². The molecular weight excluding hydrogens is 268 g/mol. The highest BCUT2D eigenvalue weighted by molar-refractivity contribution is 6.00. The van der Waals surface area contributed by atoms with Crippen LogP contribution in [0.2, 0.25) is 0 Å². The Hall–Kier alpha value is -2.04. The second-order valence-electron chi connectivity index (χ2n) is 5.34. The van der Waals surface area contributed by atoms with Crippen LogP contribution in [0.1, 0.15) is 49.9 Å². The van der Waals surface area contributed by atoms with Gasteiger partial charge in [-0.1, -0.05) is 13.8 Å². The van der Waals surface area contributed by atoms with Crippen molar-refractivity contribution in [2.45, 2.75) is 45.6 Å². The van der Waals surface area contributed by atoms with E-state index in [1.165, 1.54) is 0 Å². The van der Waals surface area contributed by atoms with E-state index in [9.17, 15) is 9.59 Å². The van der Waals surface area contributed by atoms with E-state index in [0.717, 1.165) is 30.6 Å². The van der Waals surface area contributed by atoms with Crippen LogP contribution in [0, 0.1) is 0 Å². The van der Waals surface area contributed by atoms with Crippen molar-refractivity contribution in [3.63, 3.8) is 0 Å². The lowest BCUT2D eigenvalue weighted by atomic mass is 10.1. The van der Waals surface area contributed by atoms with Gasteiger partial charge in [-0.05, 0) is 37.5 Å². The van der Waals surface area contributed by atoms with Gasteiger partial charge >= 0.3 is 5.97 Å². The highest BCUT2D eigenvalue weighted by atomic mass is 16.4. The summed E-state index contributed by atoms with van der Waals surface area (Å²) in [4.78, 5) is 24.9. The van der Waals surface area contributed by atoms with Crippen LogP contribution < -0.4 is 10.2 Å². The van der Waals surface area contributed by atoms with Gasteiger partial charge in [-0.3, -0.25) is 4.79 Å². The Labute approximate surface area is 125 Å². The van der Waals surface area contributed by atoms with Crippen molar-refractivity contribution in [3.8, 4) is 0 Å². The number of hydrogen-bond acceptors (Lipinski definition) is 3. The highest BCUT2D eigenvalue weighted by Gasteiger charge is 2.25. The van der Waals surface area contributed by atoms with Crippen molar-refractivity contribution < 1.29 is 14.7 Å². The van der Waals surface area contributed by atoms with Gasteiger partial charge in [0.2, 0.25) is 5.91 Å². The molecule has 1 heterocycles. The lowest BCUT2D eigenvalue weighted by Gasteiger charge is -2.24. The topological polar surface area (TPSA) is 69.6 Å². The third-order valence-electron chi connectivity index (χ3n) is 3.95. The summed E-state index contributed by atoms with van der Waals surface area (Å²) in [5, 5.41) is 12.5. The highest BCUT2D eigenvalue weighted by Crippen LogP contribution is 2.31. The molecule has 1 aliphatic rings. The van der Waals surface area contributed by atoms with E-state index < -0.39 is 5.97 Å². The maximum atomic E-state index is 12.0. The Kier molecular flexibility index (Phi) is 4.83. The first-order chi connectivity index (χ1) is 10.1. The number of anilines is 2. The van der Waals surface area contributed by atoms with Crippen LogP contribution in [-0.2, 0) is 4.79 Å². The predicted octanol–water partition coefficient (Wildman–Crippen LogP) is 3.11. The van der Waals surface area contributed by atoms with E-state index in [-0.39, 0.29) is 17.5 Å². The van der Waals surface area contributed by atoms with Crippen LogP contribution in [0.5, 0.6) is 0 Å². The number of hydrogen-bond donors (Lipinski definition) is 2. The van der Waals surface area contributed by atoms with Crippen molar-refractivity contribution in [1.82, 2.24) is 0 Å². The molecule has 0 unspecified atom stereocenters. The molecule has 1 aromatic carbocycles. The molecule has 1 aromatic rings. The number of nitrogens with zero attached hydrogens (tertiary/aromatic N) is 1.